The normalized spacial score (nSPS) is 14.5. The highest BCUT2D eigenvalue weighted by molar-refractivity contribution is 8.27. The molecule has 0 aromatic heterocycles. The summed E-state index contributed by atoms with van der Waals surface area (Å²) in [4.78, 5) is 27.5. The van der Waals surface area contributed by atoms with Gasteiger partial charge in [0.25, 0.3) is 11.8 Å². The summed E-state index contributed by atoms with van der Waals surface area (Å²) in [5.74, 6) is -0.0487. The van der Waals surface area contributed by atoms with Crippen molar-refractivity contribution in [1.29, 1.82) is 0 Å². The number of ether oxygens (including phenoxy) is 1. The minimum Gasteiger partial charge on any atom is -0.484 e. The number of halogens is 2. The number of rotatable bonds is 6. The lowest BCUT2D eigenvalue weighted by Crippen LogP contribution is -2.28. The Bertz CT molecular complexity index is 1370. The van der Waals surface area contributed by atoms with Gasteiger partial charge in [-0.25, -0.2) is 0 Å². The predicted molar refractivity (Wildman–Crippen MR) is 149 cm³/mol. The number of hydrogen-bond donors (Lipinski definition) is 1. The number of carbonyl (C=O) groups is 2. The Balaban J connectivity index is 1.44. The smallest absolute Gasteiger partial charge is 0.270 e. The minimum absolute atomic E-state index is 0.169. The lowest BCUT2D eigenvalue weighted by molar-refractivity contribution is -0.118. The molecule has 9 heteroatoms. The largest absolute Gasteiger partial charge is 0.484 e. The molecule has 0 bridgehead atoms. The average molecular weight is 543 g/mol. The number of amides is 2. The van der Waals surface area contributed by atoms with Gasteiger partial charge in [0.05, 0.1) is 21.3 Å². The van der Waals surface area contributed by atoms with Crippen molar-refractivity contribution in [1.82, 2.24) is 0 Å². The number of anilines is 2. The number of carbonyl (C=O) groups excluding carboxylic acids is 2. The van der Waals surface area contributed by atoms with Crippen LogP contribution in [-0.2, 0) is 9.59 Å². The lowest BCUT2D eigenvalue weighted by atomic mass is 10.1. The topological polar surface area (TPSA) is 58.6 Å². The summed E-state index contributed by atoms with van der Waals surface area (Å²) in [6.07, 6.45) is 1.77. The van der Waals surface area contributed by atoms with E-state index in [-0.39, 0.29) is 18.4 Å². The third-order valence-electron chi connectivity index (χ3n) is 5.12. The monoisotopic (exact) mass is 542 g/mol. The Morgan fingerprint density at radius 1 is 1.11 bits per heavy atom. The van der Waals surface area contributed by atoms with Crippen LogP contribution in [0.25, 0.3) is 6.08 Å². The highest BCUT2D eigenvalue weighted by Crippen LogP contribution is 2.37. The fourth-order valence-corrected chi connectivity index (χ4v) is 5.24. The maximum atomic E-state index is 13.1. The summed E-state index contributed by atoms with van der Waals surface area (Å²) in [6.45, 7) is 3.76. The van der Waals surface area contributed by atoms with E-state index in [4.69, 9.17) is 40.2 Å². The second kappa shape index (κ2) is 10.8. The highest BCUT2D eigenvalue weighted by atomic mass is 35.5. The lowest BCUT2D eigenvalue weighted by Gasteiger charge is -2.17. The molecule has 0 aliphatic carbocycles. The molecule has 1 aliphatic rings. The fourth-order valence-electron chi connectivity index (χ4n) is 3.50. The van der Waals surface area contributed by atoms with Crippen LogP contribution in [0.15, 0.2) is 65.6 Å². The minimum atomic E-state index is -0.367. The van der Waals surface area contributed by atoms with Gasteiger partial charge in [-0.15, -0.1) is 0 Å². The molecule has 0 atom stereocenters. The quantitative estimate of drug-likeness (QED) is 0.267. The first kappa shape index (κ1) is 25.3. The standard InChI is InChI=1S/C26H20Cl2N2O3S2/c1-15-6-9-22(16(2)10-15)30-25(32)23(35-26(30)34)12-17-4-3-5-19(11-17)33-14-24(31)29-21-8-7-18(27)13-20(21)28/h3-13H,14H2,1-2H3,(H,29,31)/b23-12-. The molecule has 4 rings (SSSR count). The first-order valence-electron chi connectivity index (χ1n) is 10.5. The van der Waals surface area contributed by atoms with E-state index in [0.717, 1.165) is 22.4 Å². The Morgan fingerprint density at radius 3 is 2.66 bits per heavy atom. The summed E-state index contributed by atoms with van der Waals surface area (Å²) < 4.78 is 6.12. The Labute approximate surface area is 223 Å². The SMILES string of the molecule is Cc1ccc(N2C(=O)/C(=C/c3cccc(OCC(=O)Nc4ccc(Cl)cc4Cl)c3)SC2=S)c(C)c1. The van der Waals surface area contributed by atoms with Crippen molar-refractivity contribution in [3.63, 3.8) is 0 Å². The molecule has 0 unspecified atom stereocenters. The van der Waals surface area contributed by atoms with Crippen LogP contribution in [0.1, 0.15) is 16.7 Å². The van der Waals surface area contributed by atoms with Crippen LogP contribution < -0.4 is 15.0 Å². The van der Waals surface area contributed by atoms with Crippen LogP contribution in [0, 0.1) is 13.8 Å². The number of thiocarbonyl (C=S) groups is 1. The van der Waals surface area contributed by atoms with Crippen molar-refractivity contribution in [2.24, 2.45) is 0 Å². The van der Waals surface area contributed by atoms with Crippen molar-refractivity contribution >= 4 is 80.8 Å². The maximum Gasteiger partial charge on any atom is 0.270 e. The van der Waals surface area contributed by atoms with Gasteiger partial charge >= 0.3 is 0 Å². The van der Waals surface area contributed by atoms with Gasteiger partial charge in [-0.3, -0.25) is 14.5 Å². The van der Waals surface area contributed by atoms with Gasteiger partial charge in [0, 0.05) is 5.02 Å². The molecule has 1 aliphatic heterocycles. The van der Waals surface area contributed by atoms with E-state index in [2.05, 4.69) is 5.32 Å². The van der Waals surface area contributed by atoms with Crippen LogP contribution in [0.2, 0.25) is 10.0 Å². The Hall–Kier alpha value is -2.84. The first-order valence-corrected chi connectivity index (χ1v) is 12.5. The van der Waals surface area contributed by atoms with Crippen LogP contribution in [0.4, 0.5) is 11.4 Å². The first-order chi connectivity index (χ1) is 16.7. The zero-order valence-corrected chi connectivity index (χ0v) is 21.9. The molecule has 2 amide bonds. The number of thioether (sulfide) groups is 1. The number of benzene rings is 3. The third-order valence-corrected chi connectivity index (χ3v) is 6.97. The molecular weight excluding hydrogens is 523 g/mol. The number of hydrogen-bond acceptors (Lipinski definition) is 5. The fraction of sp³-hybridized carbons (Fsp3) is 0.115. The highest BCUT2D eigenvalue weighted by Gasteiger charge is 2.34. The molecule has 1 heterocycles. The van der Waals surface area contributed by atoms with Crippen molar-refractivity contribution in [2.75, 3.05) is 16.8 Å². The molecule has 0 radical (unpaired) electrons. The second-order valence-electron chi connectivity index (χ2n) is 7.84. The van der Waals surface area contributed by atoms with Gasteiger partial charge < -0.3 is 10.1 Å². The predicted octanol–water partition coefficient (Wildman–Crippen LogP) is 7.03. The van der Waals surface area contributed by atoms with E-state index >= 15 is 0 Å². The zero-order chi connectivity index (χ0) is 25.1. The third kappa shape index (κ3) is 6.05. The van der Waals surface area contributed by atoms with E-state index in [9.17, 15) is 9.59 Å². The van der Waals surface area contributed by atoms with Gasteiger partial charge in [0.15, 0.2) is 10.9 Å². The van der Waals surface area contributed by atoms with Crippen LogP contribution in [0.5, 0.6) is 5.75 Å². The van der Waals surface area contributed by atoms with Crippen LogP contribution in [-0.4, -0.2) is 22.7 Å². The second-order valence-corrected chi connectivity index (χ2v) is 10.4. The van der Waals surface area contributed by atoms with Gasteiger partial charge in [-0.2, -0.15) is 0 Å². The van der Waals surface area contributed by atoms with Gasteiger partial charge in [0.1, 0.15) is 5.75 Å². The Morgan fingerprint density at radius 2 is 1.91 bits per heavy atom. The van der Waals surface area contributed by atoms with Crippen LogP contribution in [0.3, 0.4) is 0 Å². The van der Waals surface area contributed by atoms with E-state index in [0.29, 0.717) is 30.7 Å². The molecule has 1 N–H and O–H groups in total. The van der Waals surface area contributed by atoms with Crippen molar-refractivity contribution in [2.45, 2.75) is 13.8 Å². The van der Waals surface area contributed by atoms with E-state index < -0.39 is 0 Å². The molecule has 35 heavy (non-hydrogen) atoms. The average Bonchev–Trinajstić information content (AvgIpc) is 3.07. The Kier molecular flexibility index (Phi) is 7.82. The summed E-state index contributed by atoms with van der Waals surface area (Å²) >= 11 is 18.7. The van der Waals surface area contributed by atoms with Crippen LogP contribution >= 0.6 is 47.2 Å². The molecule has 1 saturated heterocycles. The molecule has 178 valence electrons. The van der Waals surface area contributed by atoms with Crippen molar-refractivity contribution in [3.05, 3.63) is 92.3 Å². The molecular formula is C26H20Cl2N2O3S2. The van der Waals surface area contributed by atoms with Crippen molar-refractivity contribution < 1.29 is 14.3 Å². The maximum absolute atomic E-state index is 13.1. The molecule has 3 aromatic carbocycles. The van der Waals surface area contributed by atoms with Crippen molar-refractivity contribution in [3.8, 4) is 5.75 Å². The number of nitrogens with one attached hydrogen (secondary N) is 1. The molecule has 0 saturated carbocycles. The van der Waals surface area contributed by atoms with E-state index in [1.54, 1.807) is 47.4 Å². The van der Waals surface area contributed by atoms with Gasteiger partial charge in [-0.1, -0.05) is 77.0 Å². The van der Waals surface area contributed by atoms with E-state index in [1.807, 2.05) is 38.1 Å². The number of nitrogens with zero attached hydrogens (tertiary/aromatic N) is 1. The molecule has 0 spiro atoms. The summed E-state index contributed by atoms with van der Waals surface area (Å²) in [7, 11) is 0. The molecule has 3 aromatic rings. The van der Waals surface area contributed by atoms with E-state index in [1.165, 1.54) is 11.8 Å². The summed E-state index contributed by atoms with van der Waals surface area (Å²) in [5.41, 5.74) is 4.09. The van der Waals surface area contributed by atoms with Gasteiger partial charge in [0.2, 0.25) is 0 Å². The molecule has 1 fully saturated rings. The van der Waals surface area contributed by atoms with Gasteiger partial charge in [-0.05, 0) is 67.4 Å². The zero-order valence-electron chi connectivity index (χ0n) is 18.8. The summed E-state index contributed by atoms with van der Waals surface area (Å²) in [5, 5.41) is 3.50. The number of aryl methyl sites for hydroxylation is 2. The molecule has 5 nitrogen and oxygen atoms in total. The summed E-state index contributed by atoms with van der Waals surface area (Å²) in [6, 6.07) is 17.8.